The van der Waals surface area contributed by atoms with Crippen LogP contribution in [0.3, 0.4) is 0 Å². The van der Waals surface area contributed by atoms with Crippen molar-refractivity contribution in [3.8, 4) is 11.5 Å². The molecule has 0 radical (unpaired) electrons. The number of hydrogen-bond acceptors (Lipinski definition) is 4. The highest BCUT2D eigenvalue weighted by molar-refractivity contribution is 7.16. The molecule has 0 saturated heterocycles. The number of aryl methyl sites for hydroxylation is 1. The Bertz CT molecular complexity index is 438. The van der Waals surface area contributed by atoms with Gasteiger partial charge in [0.05, 0.1) is 11.8 Å². The van der Waals surface area contributed by atoms with E-state index in [1.54, 1.807) is 6.92 Å². The average molecular weight is 214 g/mol. The topological polar surface area (TPSA) is 56.7 Å². The normalized spacial score (nSPS) is 13.1. The van der Waals surface area contributed by atoms with Crippen LogP contribution in [0, 0.1) is 6.92 Å². The fraction of sp³-hybridized carbons (Fsp3) is 0.286. The molecule has 0 amide bonds. The quantitative estimate of drug-likeness (QED) is 0.711. The molecule has 0 aliphatic heterocycles. The van der Waals surface area contributed by atoms with Gasteiger partial charge in [0.25, 0.3) is 5.89 Å². The molecule has 2 atom stereocenters. The van der Waals surface area contributed by atoms with E-state index in [0.717, 1.165) is 4.68 Å². The van der Waals surface area contributed by atoms with Crippen molar-refractivity contribution in [2.45, 2.75) is 13.0 Å². The number of halogens is 1. The van der Waals surface area contributed by atoms with Gasteiger partial charge in [-0.05, 0) is 0 Å². The van der Waals surface area contributed by atoms with Gasteiger partial charge < -0.3 is 4.42 Å². The predicted molar refractivity (Wildman–Crippen MR) is 50.1 cm³/mol. The molecule has 2 aromatic rings. The highest BCUT2D eigenvalue weighted by Crippen LogP contribution is 2.21. The van der Waals surface area contributed by atoms with E-state index < -0.39 is 6.04 Å². The van der Waals surface area contributed by atoms with Gasteiger partial charge in [0.1, 0.15) is 0 Å². The minimum Gasteiger partial charge on any atom is -0.421 e. The van der Waals surface area contributed by atoms with Crippen LogP contribution in [0.1, 0.15) is 11.9 Å². The molecule has 2 aromatic heterocycles. The van der Waals surface area contributed by atoms with Crippen molar-refractivity contribution in [1.29, 1.82) is 0 Å². The molecule has 5 nitrogen and oxygen atoms in total. The summed E-state index contributed by atoms with van der Waals surface area (Å²) in [5, 5.41) is 11.2. The first-order valence-electron chi connectivity index (χ1n) is 3.91. The lowest BCUT2D eigenvalue weighted by Gasteiger charge is -1.98. The molecule has 0 aromatic carbocycles. The van der Waals surface area contributed by atoms with E-state index in [4.69, 9.17) is 4.42 Å². The Labute approximate surface area is 81.5 Å². The second-order valence-electron chi connectivity index (χ2n) is 2.71. The molecule has 74 valence electrons. The SMILES string of the molecule is Cc1nnc(-c2cnn(C(F)P)c2)o1. The van der Waals surface area contributed by atoms with Gasteiger partial charge in [0.15, 0.2) is 0 Å². The number of hydrogen-bond donors (Lipinski definition) is 0. The third-order valence-corrected chi connectivity index (χ3v) is 1.93. The van der Waals surface area contributed by atoms with Gasteiger partial charge in [0, 0.05) is 13.1 Å². The third-order valence-electron chi connectivity index (χ3n) is 1.63. The van der Waals surface area contributed by atoms with Gasteiger partial charge in [-0.2, -0.15) is 5.10 Å². The van der Waals surface area contributed by atoms with Crippen molar-refractivity contribution in [2.24, 2.45) is 0 Å². The Morgan fingerprint density at radius 2 is 2.36 bits per heavy atom. The summed E-state index contributed by atoms with van der Waals surface area (Å²) in [6, 6.07) is -1.24. The fourth-order valence-corrected chi connectivity index (χ4v) is 1.16. The minimum absolute atomic E-state index is 0.347. The van der Waals surface area contributed by atoms with E-state index in [-0.39, 0.29) is 0 Å². The molecule has 0 bridgehead atoms. The zero-order chi connectivity index (χ0) is 10.1. The molecule has 0 aliphatic carbocycles. The summed E-state index contributed by atoms with van der Waals surface area (Å²) in [5.74, 6) is 0.815. The van der Waals surface area contributed by atoms with E-state index in [2.05, 4.69) is 15.3 Å². The van der Waals surface area contributed by atoms with Crippen LogP contribution in [0.5, 0.6) is 0 Å². The van der Waals surface area contributed by atoms with Crippen LogP contribution < -0.4 is 0 Å². The van der Waals surface area contributed by atoms with Crippen LogP contribution in [0.2, 0.25) is 0 Å². The zero-order valence-corrected chi connectivity index (χ0v) is 8.54. The van der Waals surface area contributed by atoms with Gasteiger partial charge in [-0.25, -0.2) is 9.07 Å². The Kier molecular flexibility index (Phi) is 2.29. The molecule has 0 fully saturated rings. The Morgan fingerprint density at radius 3 is 2.86 bits per heavy atom. The number of rotatable bonds is 2. The van der Waals surface area contributed by atoms with Crippen LogP contribution >= 0.6 is 9.24 Å². The summed E-state index contributed by atoms with van der Waals surface area (Å²) in [6.45, 7) is 1.69. The van der Waals surface area contributed by atoms with Crippen molar-refractivity contribution in [2.75, 3.05) is 0 Å². The van der Waals surface area contributed by atoms with Crippen molar-refractivity contribution < 1.29 is 8.81 Å². The molecule has 7 heteroatoms. The number of nitrogens with zero attached hydrogens (tertiary/aromatic N) is 4. The number of aromatic nitrogens is 4. The zero-order valence-electron chi connectivity index (χ0n) is 7.38. The van der Waals surface area contributed by atoms with E-state index in [1.807, 2.05) is 9.24 Å². The van der Waals surface area contributed by atoms with E-state index in [1.165, 1.54) is 12.4 Å². The van der Waals surface area contributed by atoms with Gasteiger partial charge in [-0.3, -0.25) is 0 Å². The highest BCUT2D eigenvalue weighted by atomic mass is 31.0. The van der Waals surface area contributed by atoms with E-state index in [9.17, 15) is 4.39 Å². The second-order valence-corrected chi connectivity index (χ2v) is 3.26. The van der Waals surface area contributed by atoms with Crippen molar-refractivity contribution in [1.82, 2.24) is 20.0 Å². The van der Waals surface area contributed by atoms with Crippen molar-refractivity contribution in [3.63, 3.8) is 0 Å². The van der Waals surface area contributed by atoms with Gasteiger partial charge in [-0.1, -0.05) is 9.24 Å². The van der Waals surface area contributed by atoms with E-state index in [0.29, 0.717) is 17.3 Å². The van der Waals surface area contributed by atoms with Crippen molar-refractivity contribution >= 4 is 9.24 Å². The maximum atomic E-state index is 12.8. The molecule has 2 unspecified atom stereocenters. The van der Waals surface area contributed by atoms with Crippen LogP contribution in [0.4, 0.5) is 4.39 Å². The fourth-order valence-electron chi connectivity index (χ4n) is 0.997. The predicted octanol–water partition coefficient (Wildman–Crippen LogP) is 1.54. The second kappa shape index (κ2) is 3.46. The van der Waals surface area contributed by atoms with Crippen LogP contribution in [-0.4, -0.2) is 20.0 Å². The molecular weight excluding hydrogens is 206 g/mol. The molecule has 2 heterocycles. The summed E-state index contributed by atoms with van der Waals surface area (Å²) in [4.78, 5) is 0. The van der Waals surface area contributed by atoms with Crippen LogP contribution in [0.25, 0.3) is 11.5 Å². The van der Waals surface area contributed by atoms with Gasteiger partial charge >= 0.3 is 0 Å². The summed E-state index contributed by atoms with van der Waals surface area (Å²) in [5.41, 5.74) is 0.607. The van der Waals surface area contributed by atoms with E-state index >= 15 is 0 Å². The molecule has 2 rings (SSSR count). The molecule has 0 spiro atoms. The average Bonchev–Trinajstić information content (AvgIpc) is 2.70. The van der Waals surface area contributed by atoms with Crippen LogP contribution in [-0.2, 0) is 0 Å². The van der Waals surface area contributed by atoms with Crippen molar-refractivity contribution in [3.05, 3.63) is 18.3 Å². The maximum absolute atomic E-state index is 12.8. The Morgan fingerprint density at radius 1 is 1.57 bits per heavy atom. The minimum atomic E-state index is -1.24. The molecule has 0 saturated carbocycles. The molecule has 0 aliphatic rings. The lowest BCUT2D eigenvalue weighted by molar-refractivity contribution is 0.334. The number of alkyl halides is 1. The first-order chi connectivity index (χ1) is 6.66. The summed E-state index contributed by atoms with van der Waals surface area (Å²) in [7, 11) is 2.00. The van der Waals surface area contributed by atoms with Gasteiger partial charge in [-0.15, -0.1) is 10.2 Å². The maximum Gasteiger partial charge on any atom is 0.250 e. The smallest absolute Gasteiger partial charge is 0.250 e. The lowest BCUT2D eigenvalue weighted by Crippen LogP contribution is -1.95. The molecule has 0 N–H and O–H groups in total. The molecular formula is C7H8FN4OP. The monoisotopic (exact) mass is 214 g/mol. The summed E-state index contributed by atoms with van der Waals surface area (Å²) in [6.07, 6.45) is 2.98. The Hall–Kier alpha value is -1.29. The third kappa shape index (κ3) is 1.65. The standard InChI is InChI=1S/C7H8FN4OP/c1-4-10-11-6(13-4)5-2-9-12(3-5)7(8)14/h2-3,7H,14H2,1H3. The highest BCUT2D eigenvalue weighted by Gasteiger charge is 2.10. The first-order valence-corrected chi connectivity index (χ1v) is 4.58. The van der Waals surface area contributed by atoms with Gasteiger partial charge in [0.2, 0.25) is 11.9 Å². The largest absolute Gasteiger partial charge is 0.421 e. The molecule has 14 heavy (non-hydrogen) atoms. The van der Waals surface area contributed by atoms with Crippen LogP contribution in [0.15, 0.2) is 16.8 Å². The summed E-state index contributed by atoms with van der Waals surface area (Å²) < 4.78 is 19.1. The first kappa shape index (κ1) is 9.27. The summed E-state index contributed by atoms with van der Waals surface area (Å²) >= 11 is 0. The Balaban J connectivity index is 2.33. The lowest BCUT2D eigenvalue weighted by atomic mass is 10.4.